The van der Waals surface area contributed by atoms with Crippen molar-refractivity contribution in [2.75, 3.05) is 13.7 Å². The highest BCUT2D eigenvalue weighted by atomic mass is 32.1. The first-order chi connectivity index (χ1) is 8.70. The molecular weight excluding hydrogens is 252 g/mol. The molecule has 0 aromatic carbocycles. The van der Waals surface area contributed by atoms with Crippen LogP contribution >= 0.6 is 11.3 Å². The smallest absolute Gasteiger partial charge is 0.273 e. The van der Waals surface area contributed by atoms with Crippen LogP contribution in [0.1, 0.15) is 27.9 Å². The summed E-state index contributed by atoms with van der Waals surface area (Å²) in [6.07, 6.45) is -0.145. The molecule has 0 spiro atoms. The number of ether oxygens (including phenoxy) is 1. The lowest BCUT2D eigenvalue weighted by molar-refractivity contribution is 0.0822. The predicted octanol–water partition coefficient (Wildman–Crippen LogP) is 2.16. The molecule has 0 saturated heterocycles. The molecule has 0 fully saturated rings. The highest BCUT2D eigenvalue weighted by molar-refractivity contribution is 7.07. The van der Waals surface area contributed by atoms with Crippen molar-refractivity contribution < 1.29 is 14.1 Å². The van der Waals surface area contributed by atoms with E-state index in [2.05, 4.69) is 10.5 Å². The van der Waals surface area contributed by atoms with E-state index in [1.165, 1.54) is 0 Å². The van der Waals surface area contributed by atoms with Gasteiger partial charge in [0.1, 0.15) is 11.9 Å². The largest absolute Gasteiger partial charge is 0.375 e. The number of thiophene rings is 1. The molecule has 2 aromatic heterocycles. The second-order valence-electron chi connectivity index (χ2n) is 3.81. The highest BCUT2D eigenvalue weighted by Gasteiger charge is 2.15. The molecule has 2 rings (SSSR count). The number of amides is 1. The average Bonchev–Trinajstić information content (AvgIpc) is 3.01. The zero-order valence-electron chi connectivity index (χ0n) is 10.2. The number of methoxy groups -OCH3 is 1. The van der Waals surface area contributed by atoms with Crippen LogP contribution in [0.4, 0.5) is 0 Å². The Bertz CT molecular complexity index is 507. The molecule has 1 amide bonds. The zero-order valence-corrected chi connectivity index (χ0v) is 11.0. The van der Waals surface area contributed by atoms with E-state index in [1.807, 2.05) is 16.8 Å². The molecule has 0 saturated carbocycles. The van der Waals surface area contributed by atoms with Gasteiger partial charge in [-0.1, -0.05) is 5.16 Å². The molecule has 2 aromatic rings. The van der Waals surface area contributed by atoms with E-state index in [1.54, 1.807) is 31.4 Å². The van der Waals surface area contributed by atoms with Crippen molar-refractivity contribution in [1.29, 1.82) is 0 Å². The first kappa shape index (κ1) is 12.8. The number of aryl methyl sites for hydroxylation is 1. The molecule has 0 aliphatic rings. The van der Waals surface area contributed by atoms with Crippen LogP contribution < -0.4 is 5.32 Å². The first-order valence-corrected chi connectivity index (χ1v) is 6.41. The van der Waals surface area contributed by atoms with Crippen LogP contribution in [-0.2, 0) is 4.74 Å². The number of carbonyl (C=O) groups is 1. The van der Waals surface area contributed by atoms with E-state index < -0.39 is 0 Å². The molecule has 2 heterocycles. The standard InChI is InChI=1S/C12H14N2O3S/c1-8-5-10(14-17-8)12(15)13-6-11(16-2)9-3-4-18-7-9/h3-5,7,11H,6H2,1-2H3,(H,13,15). The summed E-state index contributed by atoms with van der Waals surface area (Å²) in [4.78, 5) is 11.8. The number of aromatic nitrogens is 1. The summed E-state index contributed by atoms with van der Waals surface area (Å²) in [5.74, 6) is 0.352. The Labute approximate surface area is 109 Å². The number of carbonyl (C=O) groups excluding carboxylic acids is 1. The van der Waals surface area contributed by atoms with Crippen LogP contribution in [-0.4, -0.2) is 24.7 Å². The molecule has 5 nitrogen and oxygen atoms in total. The molecule has 1 unspecified atom stereocenters. The lowest BCUT2D eigenvalue weighted by Gasteiger charge is -2.14. The van der Waals surface area contributed by atoms with E-state index >= 15 is 0 Å². The first-order valence-electron chi connectivity index (χ1n) is 5.47. The fraction of sp³-hybridized carbons (Fsp3) is 0.333. The minimum absolute atomic E-state index is 0.145. The maximum atomic E-state index is 11.8. The Hall–Kier alpha value is -1.66. The third-order valence-corrected chi connectivity index (χ3v) is 3.21. The van der Waals surface area contributed by atoms with Crippen LogP contribution in [0.3, 0.4) is 0 Å². The minimum atomic E-state index is -0.260. The number of nitrogens with one attached hydrogen (secondary N) is 1. The Morgan fingerprint density at radius 3 is 3.06 bits per heavy atom. The van der Waals surface area contributed by atoms with Gasteiger partial charge in [-0.25, -0.2) is 0 Å². The highest BCUT2D eigenvalue weighted by Crippen LogP contribution is 2.18. The van der Waals surface area contributed by atoms with Gasteiger partial charge in [-0.3, -0.25) is 4.79 Å². The third-order valence-electron chi connectivity index (χ3n) is 2.51. The molecular formula is C12H14N2O3S. The Kier molecular flexibility index (Phi) is 4.11. The van der Waals surface area contributed by atoms with Crippen molar-refractivity contribution in [3.05, 3.63) is 39.9 Å². The van der Waals surface area contributed by atoms with Crippen molar-refractivity contribution in [2.45, 2.75) is 13.0 Å². The van der Waals surface area contributed by atoms with Gasteiger partial charge in [-0.05, 0) is 29.3 Å². The van der Waals surface area contributed by atoms with Gasteiger partial charge in [-0.2, -0.15) is 11.3 Å². The summed E-state index contributed by atoms with van der Waals surface area (Å²) >= 11 is 1.60. The van der Waals surface area contributed by atoms with E-state index in [-0.39, 0.29) is 17.7 Å². The van der Waals surface area contributed by atoms with E-state index in [9.17, 15) is 4.79 Å². The fourth-order valence-corrected chi connectivity index (χ4v) is 2.25. The van der Waals surface area contributed by atoms with Gasteiger partial charge in [0, 0.05) is 19.7 Å². The van der Waals surface area contributed by atoms with Crippen molar-refractivity contribution in [1.82, 2.24) is 10.5 Å². The number of nitrogens with zero attached hydrogens (tertiary/aromatic N) is 1. The van der Waals surface area contributed by atoms with Crippen LogP contribution in [0.15, 0.2) is 27.4 Å². The molecule has 0 aliphatic heterocycles. The van der Waals surface area contributed by atoms with Gasteiger partial charge < -0.3 is 14.6 Å². The van der Waals surface area contributed by atoms with Gasteiger partial charge in [0.25, 0.3) is 5.91 Å². The van der Waals surface area contributed by atoms with Crippen molar-refractivity contribution in [3.63, 3.8) is 0 Å². The number of hydrogen-bond donors (Lipinski definition) is 1. The van der Waals surface area contributed by atoms with Gasteiger partial charge in [0.05, 0.1) is 0 Å². The minimum Gasteiger partial charge on any atom is -0.375 e. The molecule has 0 aliphatic carbocycles. The Morgan fingerprint density at radius 1 is 1.67 bits per heavy atom. The van der Waals surface area contributed by atoms with Crippen molar-refractivity contribution in [2.24, 2.45) is 0 Å². The van der Waals surface area contributed by atoms with E-state index in [0.717, 1.165) is 5.56 Å². The average molecular weight is 266 g/mol. The Balaban J connectivity index is 1.92. The summed E-state index contributed by atoms with van der Waals surface area (Å²) in [7, 11) is 1.62. The predicted molar refractivity (Wildman–Crippen MR) is 67.6 cm³/mol. The summed E-state index contributed by atoms with van der Waals surface area (Å²) in [6, 6.07) is 3.58. The lowest BCUT2D eigenvalue weighted by Crippen LogP contribution is -2.29. The normalized spacial score (nSPS) is 12.3. The van der Waals surface area contributed by atoms with Gasteiger partial charge >= 0.3 is 0 Å². The maximum Gasteiger partial charge on any atom is 0.273 e. The quantitative estimate of drug-likeness (QED) is 0.900. The van der Waals surface area contributed by atoms with Crippen molar-refractivity contribution >= 4 is 17.2 Å². The van der Waals surface area contributed by atoms with Gasteiger partial charge in [0.2, 0.25) is 0 Å². The maximum absolute atomic E-state index is 11.8. The topological polar surface area (TPSA) is 64.4 Å². The summed E-state index contributed by atoms with van der Waals surface area (Å²) < 4.78 is 10.2. The Morgan fingerprint density at radius 2 is 2.50 bits per heavy atom. The summed E-state index contributed by atoms with van der Waals surface area (Å²) in [5, 5.41) is 10.4. The number of rotatable bonds is 5. The fourth-order valence-electron chi connectivity index (χ4n) is 1.54. The van der Waals surface area contributed by atoms with Crippen molar-refractivity contribution in [3.8, 4) is 0 Å². The molecule has 0 radical (unpaired) electrons. The monoisotopic (exact) mass is 266 g/mol. The molecule has 1 atom stereocenters. The van der Waals surface area contributed by atoms with Crippen LogP contribution in [0.5, 0.6) is 0 Å². The second-order valence-corrected chi connectivity index (χ2v) is 4.59. The van der Waals surface area contributed by atoms with Gasteiger partial charge in [0.15, 0.2) is 5.69 Å². The second kappa shape index (κ2) is 5.79. The van der Waals surface area contributed by atoms with Crippen LogP contribution in [0.2, 0.25) is 0 Å². The van der Waals surface area contributed by atoms with E-state index in [0.29, 0.717) is 12.3 Å². The third kappa shape index (κ3) is 2.96. The van der Waals surface area contributed by atoms with Crippen LogP contribution in [0, 0.1) is 6.92 Å². The summed E-state index contributed by atoms with van der Waals surface area (Å²) in [5.41, 5.74) is 1.34. The zero-order chi connectivity index (χ0) is 13.0. The number of hydrogen-bond acceptors (Lipinski definition) is 5. The molecule has 1 N–H and O–H groups in total. The summed E-state index contributed by atoms with van der Waals surface area (Å²) in [6.45, 7) is 2.14. The molecule has 18 heavy (non-hydrogen) atoms. The molecule has 96 valence electrons. The molecule has 6 heteroatoms. The van der Waals surface area contributed by atoms with Crippen LogP contribution in [0.25, 0.3) is 0 Å². The lowest BCUT2D eigenvalue weighted by atomic mass is 10.2. The van der Waals surface area contributed by atoms with E-state index in [4.69, 9.17) is 9.26 Å². The molecule has 0 bridgehead atoms. The van der Waals surface area contributed by atoms with Gasteiger partial charge in [-0.15, -0.1) is 0 Å². The SMILES string of the molecule is COC(CNC(=O)c1cc(C)on1)c1ccsc1.